The average molecular weight is 362 g/mol. The molecule has 0 saturated heterocycles. The van der Waals surface area contributed by atoms with Crippen molar-refractivity contribution in [3.8, 4) is 0 Å². The number of rotatable bonds is 6. The fourth-order valence-corrected chi connectivity index (χ4v) is 4.03. The molecule has 2 aromatic heterocycles. The van der Waals surface area contributed by atoms with Gasteiger partial charge in [-0.3, -0.25) is 4.79 Å². The van der Waals surface area contributed by atoms with Crippen LogP contribution in [0.4, 0.5) is 5.69 Å². The van der Waals surface area contributed by atoms with E-state index in [0.717, 1.165) is 5.56 Å². The van der Waals surface area contributed by atoms with Gasteiger partial charge < -0.3 is 9.73 Å². The van der Waals surface area contributed by atoms with Crippen molar-refractivity contribution in [1.29, 1.82) is 0 Å². The maximum absolute atomic E-state index is 12.0. The van der Waals surface area contributed by atoms with E-state index in [4.69, 9.17) is 4.42 Å². The highest BCUT2D eigenvalue weighted by Gasteiger charge is 2.14. The third-order valence-electron chi connectivity index (χ3n) is 3.18. The van der Waals surface area contributed by atoms with E-state index in [1.54, 1.807) is 53.9 Å². The zero-order valence-corrected chi connectivity index (χ0v) is 14.1. The second-order valence-electron chi connectivity index (χ2n) is 4.88. The number of benzene rings is 1. The van der Waals surface area contributed by atoms with Gasteiger partial charge in [0, 0.05) is 12.2 Å². The largest absolute Gasteiger partial charge is 0.459 e. The van der Waals surface area contributed by atoms with Crippen molar-refractivity contribution in [3.05, 3.63) is 71.5 Å². The van der Waals surface area contributed by atoms with Gasteiger partial charge in [-0.25, -0.2) is 13.1 Å². The Balaban J connectivity index is 1.60. The summed E-state index contributed by atoms with van der Waals surface area (Å²) < 4.78 is 31.9. The fraction of sp³-hybridized carbons (Fsp3) is 0.0625. The number of furan rings is 1. The molecule has 1 aromatic carbocycles. The molecule has 0 fully saturated rings. The molecule has 3 rings (SSSR count). The minimum Gasteiger partial charge on any atom is -0.459 e. The second-order valence-corrected chi connectivity index (χ2v) is 7.83. The van der Waals surface area contributed by atoms with Gasteiger partial charge in [-0.05, 0) is 41.3 Å². The summed E-state index contributed by atoms with van der Waals surface area (Å²) in [6, 6.07) is 13.4. The molecule has 124 valence electrons. The number of carbonyl (C=O) groups excluding carboxylic acids is 1. The van der Waals surface area contributed by atoms with Crippen LogP contribution in [0.5, 0.6) is 0 Å². The molecule has 0 spiro atoms. The number of hydrogen-bond donors (Lipinski definition) is 2. The van der Waals surface area contributed by atoms with Crippen LogP contribution >= 0.6 is 11.3 Å². The van der Waals surface area contributed by atoms with Crippen LogP contribution in [-0.2, 0) is 16.6 Å². The van der Waals surface area contributed by atoms with Crippen molar-refractivity contribution in [2.75, 3.05) is 5.32 Å². The van der Waals surface area contributed by atoms with E-state index in [2.05, 4.69) is 10.0 Å². The molecular weight excluding hydrogens is 348 g/mol. The van der Waals surface area contributed by atoms with Crippen molar-refractivity contribution >= 4 is 33.0 Å². The summed E-state index contributed by atoms with van der Waals surface area (Å²) in [5.41, 5.74) is 1.38. The van der Waals surface area contributed by atoms with Crippen LogP contribution in [0.3, 0.4) is 0 Å². The summed E-state index contributed by atoms with van der Waals surface area (Å²) in [5, 5.41) is 4.41. The smallest absolute Gasteiger partial charge is 0.291 e. The summed E-state index contributed by atoms with van der Waals surface area (Å²) in [6.45, 7) is 0.173. The van der Waals surface area contributed by atoms with Crippen LogP contribution in [-0.4, -0.2) is 14.3 Å². The van der Waals surface area contributed by atoms with Crippen molar-refractivity contribution in [3.63, 3.8) is 0 Å². The van der Waals surface area contributed by atoms with Crippen molar-refractivity contribution in [1.82, 2.24) is 4.72 Å². The summed E-state index contributed by atoms with van der Waals surface area (Å²) >= 11 is 1.17. The van der Waals surface area contributed by atoms with Crippen molar-refractivity contribution < 1.29 is 17.6 Å². The minimum absolute atomic E-state index is 0.173. The van der Waals surface area contributed by atoms with Gasteiger partial charge in [0.1, 0.15) is 4.21 Å². The van der Waals surface area contributed by atoms with Crippen molar-refractivity contribution in [2.24, 2.45) is 0 Å². The maximum atomic E-state index is 12.0. The number of thiophene rings is 1. The third-order valence-corrected chi connectivity index (χ3v) is 5.98. The minimum atomic E-state index is -3.49. The molecule has 0 aliphatic carbocycles. The first-order valence-corrected chi connectivity index (χ1v) is 9.38. The number of amides is 1. The van der Waals surface area contributed by atoms with Gasteiger partial charge in [0.25, 0.3) is 5.91 Å². The van der Waals surface area contributed by atoms with Crippen LogP contribution in [0.2, 0.25) is 0 Å². The van der Waals surface area contributed by atoms with Crippen molar-refractivity contribution in [2.45, 2.75) is 10.8 Å². The van der Waals surface area contributed by atoms with E-state index >= 15 is 0 Å². The summed E-state index contributed by atoms with van der Waals surface area (Å²) in [4.78, 5) is 11.9. The highest BCUT2D eigenvalue weighted by Crippen LogP contribution is 2.16. The standard InChI is InChI=1S/C16H14N2O4S2/c19-16(14-3-1-9-22-14)18-13-7-5-12(6-8-13)11-17-24(20,21)15-4-2-10-23-15/h1-10,17H,11H2,(H,18,19). The van der Waals surface area contributed by atoms with Gasteiger partial charge in [0.15, 0.2) is 5.76 Å². The Morgan fingerprint density at radius 2 is 1.88 bits per heavy atom. The lowest BCUT2D eigenvalue weighted by Crippen LogP contribution is -2.22. The number of anilines is 1. The molecule has 0 radical (unpaired) electrons. The lowest BCUT2D eigenvalue weighted by atomic mass is 10.2. The van der Waals surface area contributed by atoms with Gasteiger partial charge in [0.2, 0.25) is 10.0 Å². The molecule has 3 aromatic rings. The first-order valence-electron chi connectivity index (χ1n) is 7.01. The Bertz CT molecular complexity index is 900. The summed E-state index contributed by atoms with van der Waals surface area (Å²) in [7, 11) is -3.49. The Morgan fingerprint density at radius 3 is 2.50 bits per heavy atom. The van der Waals surface area contributed by atoms with Crippen LogP contribution in [0.15, 0.2) is 68.8 Å². The zero-order valence-electron chi connectivity index (χ0n) is 12.4. The number of nitrogens with one attached hydrogen (secondary N) is 2. The third kappa shape index (κ3) is 3.91. The average Bonchev–Trinajstić information content (AvgIpc) is 3.27. The zero-order chi connectivity index (χ0) is 17.0. The highest BCUT2D eigenvalue weighted by atomic mass is 32.2. The van der Waals surface area contributed by atoms with E-state index in [9.17, 15) is 13.2 Å². The van der Waals surface area contributed by atoms with E-state index in [1.165, 1.54) is 17.6 Å². The highest BCUT2D eigenvalue weighted by molar-refractivity contribution is 7.91. The fourth-order valence-electron chi connectivity index (χ4n) is 1.97. The van der Waals surface area contributed by atoms with Crippen LogP contribution in [0.25, 0.3) is 0 Å². The number of carbonyl (C=O) groups is 1. The monoisotopic (exact) mass is 362 g/mol. The van der Waals surface area contributed by atoms with Gasteiger partial charge in [-0.1, -0.05) is 18.2 Å². The van der Waals surface area contributed by atoms with Gasteiger partial charge in [-0.2, -0.15) is 0 Å². The predicted molar refractivity (Wildman–Crippen MR) is 91.4 cm³/mol. The number of sulfonamides is 1. The summed E-state index contributed by atoms with van der Waals surface area (Å²) in [6.07, 6.45) is 1.43. The SMILES string of the molecule is O=C(Nc1ccc(CNS(=O)(=O)c2cccs2)cc1)c1ccco1. The molecule has 6 nitrogen and oxygen atoms in total. The van der Waals surface area contributed by atoms with Gasteiger partial charge in [-0.15, -0.1) is 11.3 Å². The Labute approximate surface area is 143 Å². The van der Waals surface area contributed by atoms with Crippen LogP contribution < -0.4 is 10.0 Å². The number of hydrogen-bond acceptors (Lipinski definition) is 5. The maximum Gasteiger partial charge on any atom is 0.291 e. The molecule has 0 atom stereocenters. The Hall–Kier alpha value is -2.42. The van der Waals surface area contributed by atoms with E-state index in [-0.39, 0.29) is 22.4 Å². The van der Waals surface area contributed by atoms with Gasteiger partial charge in [0.05, 0.1) is 6.26 Å². The molecule has 2 N–H and O–H groups in total. The second kappa shape index (κ2) is 7.00. The molecule has 0 aliphatic rings. The predicted octanol–water partition coefficient (Wildman–Crippen LogP) is 3.07. The molecular formula is C16H14N2O4S2. The molecule has 0 bridgehead atoms. The van der Waals surface area contributed by atoms with Crippen LogP contribution in [0.1, 0.15) is 16.1 Å². The molecule has 0 saturated carbocycles. The molecule has 0 unspecified atom stereocenters. The quantitative estimate of drug-likeness (QED) is 0.705. The summed E-state index contributed by atoms with van der Waals surface area (Å²) in [5.74, 6) is -0.117. The topological polar surface area (TPSA) is 88.4 Å². The molecule has 8 heteroatoms. The first-order chi connectivity index (χ1) is 11.5. The Morgan fingerprint density at radius 1 is 1.08 bits per heavy atom. The van der Waals surface area contributed by atoms with E-state index in [0.29, 0.717) is 5.69 Å². The van der Waals surface area contributed by atoms with Gasteiger partial charge >= 0.3 is 0 Å². The van der Waals surface area contributed by atoms with E-state index in [1.807, 2.05) is 0 Å². The lowest BCUT2D eigenvalue weighted by molar-refractivity contribution is 0.0996. The molecule has 2 heterocycles. The van der Waals surface area contributed by atoms with E-state index < -0.39 is 10.0 Å². The lowest BCUT2D eigenvalue weighted by Gasteiger charge is -2.07. The normalized spacial score (nSPS) is 11.3. The molecule has 1 amide bonds. The molecule has 0 aliphatic heterocycles. The van der Waals surface area contributed by atoms with Crippen LogP contribution in [0, 0.1) is 0 Å². The Kier molecular flexibility index (Phi) is 4.79. The first kappa shape index (κ1) is 16.4. The molecule has 24 heavy (non-hydrogen) atoms.